The number of morpholine rings is 1. The number of nitrogens with one attached hydrogen (secondary N) is 8. The molecule has 0 saturated carbocycles. The minimum Gasteiger partial charge on any atom is -0.379 e. The van der Waals surface area contributed by atoms with Crippen molar-refractivity contribution in [1.29, 1.82) is 5.26 Å². The fraction of sp³-hybridized carbons (Fsp3) is 0.247. The highest BCUT2D eigenvalue weighted by molar-refractivity contribution is 6.14. The van der Waals surface area contributed by atoms with Gasteiger partial charge in [0.1, 0.15) is 11.8 Å². The van der Waals surface area contributed by atoms with Gasteiger partial charge in [0.15, 0.2) is 22.8 Å². The number of nitrogens with zero attached hydrogens (tertiary/aromatic N) is 18. The average molecular weight is 1710 g/mol. The van der Waals surface area contributed by atoms with Crippen molar-refractivity contribution in [3.63, 3.8) is 0 Å². The second-order valence-electron chi connectivity index (χ2n) is 32.3. The van der Waals surface area contributed by atoms with Crippen LogP contribution in [0.25, 0.3) is 88.1 Å². The fourth-order valence-corrected chi connectivity index (χ4v) is 16.1. The summed E-state index contributed by atoms with van der Waals surface area (Å²) in [6.45, 7) is 17.8. The van der Waals surface area contributed by atoms with Gasteiger partial charge in [0, 0.05) is 177 Å². The van der Waals surface area contributed by atoms with Crippen LogP contribution in [-0.4, -0.2) is 214 Å². The van der Waals surface area contributed by atoms with Gasteiger partial charge < -0.3 is 30.9 Å². The molecule has 4 aliphatic heterocycles. The molecule has 12 aromatic heterocycles. The first-order chi connectivity index (χ1) is 62.8. The molecule has 31 nitrogen and oxygen atoms in total. The zero-order valence-electron chi connectivity index (χ0n) is 71.1. The van der Waals surface area contributed by atoms with Gasteiger partial charge in [-0.25, -0.2) is 4.98 Å². The number of benzene rings is 4. The van der Waals surface area contributed by atoms with E-state index in [-0.39, 0.29) is 23.6 Å². The number of hydrogen-bond donors (Lipinski definition) is 8. The molecule has 0 bridgehead atoms. The molecule has 4 amide bonds. The summed E-state index contributed by atoms with van der Waals surface area (Å²) in [5, 5.41) is 52.0. The monoisotopic (exact) mass is 1700 g/mol. The number of ether oxygens (including phenoxy) is 1. The third-order valence-electron chi connectivity index (χ3n) is 23.0. The van der Waals surface area contributed by atoms with Gasteiger partial charge in [-0.05, 0) is 232 Å². The molecule has 0 spiro atoms. The molecule has 16 heterocycles. The molecule has 8 N–H and O–H groups in total. The predicted molar refractivity (Wildman–Crippen MR) is 493 cm³/mol. The third kappa shape index (κ3) is 21.7. The van der Waals surface area contributed by atoms with E-state index >= 15 is 0 Å². The quantitative estimate of drug-likeness (QED) is 0.0351. The standard InChI is InChI=1S/C25H23N7O.C25H26N6O.C24H25N7O.C23H22N6O2/c26-12-20-5-6-21(15-28-20)29-25(33)24-22-11-18(4-7-23(22)30-31-24)19-10-17(13-27-14-19)16-32-8-2-1-3-9-32;1-17-5-7-21(15-27-17)28-25(32)24-22-12-19(6-8-23(22)29-30-24)20-11-18(13-26-14-20)16-31-9-3-2-4-10-31;1-30-7-9-31(10-8-30)16-17-11-19(14-26-13-17)18-4-5-22-21(12-18)23(29-28-22)24(32)27-20-3-2-6-25-15-20;30-23(26-19-2-1-5-24-14-19)22-20-11-17(3-4-21(20)27-28-22)18-10-16(12-25-13-18)15-29-6-8-31-9-7-29/h4-7,10-11,13-15H,1-3,8-9,16H2,(H,29,33)(H,30,31);5-8,11-15H,2-4,9-10,16H2,1H3,(H,28,32)(H,29,30);2-6,11-15H,7-10,16H2,1H3,(H,27,32)(H,28,29);1-5,10-14H,6-9,15H2,(H,26,30)(H,27,28). The van der Waals surface area contributed by atoms with Crippen molar-refractivity contribution >= 4 is 90.0 Å². The number of likely N-dealkylation sites (N-methyl/N-ethyl adjacent to an activating group) is 1. The van der Waals surface area contributed by atoms with Crippen LogP contribution in [-0.2, 0) is 30.9 Å². The Morgan fingerprint density at radius 1 is 0.352 bits per heavy atom. The molecule has 644 valence electrons. The summed E-state index contributed by atoms with van der Waals surface area (Å²) in [6, 6.07) is 48.5. The molecular weight excluding hydrogens is 1610 g/mol. The van der Waals surface area contributed by atoms with Gasteiger partial charge in [-0.3, -0.25) is 94.1 Å². The molecule has 31 heteroatoms. The molecule has 0 aliphatic carbocycles. The number of amides is 4. The van der Waals surface area contributed by atoms with Crippen LogP contribution < -0.4 is 21.3 Å². The second kappa shape index (κ2) is 40.8. The van der Waals surface area contributed by atoms with Gasteiger partial charge in [-0.1, -0.05) is 37.1 Å². The predicted octanol–water partition coefficient (Wildman–Crippen LogP) is 14.8. The second-order valence-corrected chi connectivity index (χ2v) is 32.3. The maximum atomic E-state index is 12.9. The lowest BCUT2D eigenvalue weighted by Crippen LogP contribution is -2.43. The molecule has 4 fully saturated rings. The highest BCUT2D eigenvalue weighted by atomic mass is 16.5. The Labute approximate surface area is 738 Å². The van der Waals surface area contributed by atoms with Crippen LogP contribution >= 0.6 is 0 Å². The minimum atomic E-state index is -0.345. The number of likely N-dealkylation sites (tertiary alicyclic amines) is 2. The molecule has 128 heavy (non-hydrogen) atoms. The van der Waals surface area contributed by atoms with Crippen molar-refractivity contribution in [3.05, 3.63) is 289 Å². The van der Waals surface area contributed by atoms with Crippen molar-refractivity contribution in [2.45, 2.75) is 71.6 Å². The van der Waals surface area contributed by atoms with E-state index in [0.29, 0.717) is 51.2 Å². The highest BCUT2D eigenvalue weighted by Gasteiger charge is 2.24. The van der Waals surface area contributed by atoms with Crippen LogP contribution in [0.3, 0.4) is 0 Å². The Bertz CT molecular complexity index is 6590. The van der Waals surface area contributed by atoms with Crippen LogP contribution in [0.2, 0.25) is 0 Å². The van der Waals surface area contributed by atoms with Crippen molar-refractivity contribution in [2.75, 3.05) is 107 Å². The summed E-state index contributed by atoms with van der Waals surface area (Å²) in [6.07, 6.45) is 32.5. The van der Waals surface area contributed by atoms with Gasteiger partial charge in [0.2, 0.25) is 0 Å². The summed E-state index contributed by atoms with van der Waals surface area (Å²) in [7, 11) is 2.16. The van der Waals surface area contributed by atoms with Gasteiger partial charge in [0.25, 0.3) is 23.6 Å². The van der Waals surface area contributed by atoms with E-state index in [0.717, 1.165) is 204 Å². The van der Waals surface area contributed by atoms with Gasteiger partial charge in [0.05, 0.1) is 82.8 Å². The topological polar surface area (TPSA) is 383 Å². The first kappa shape index (κ1) is 85.3. The average Bonchev–Trinajstić information content (AvgIpc) is 1.65. The van der Waals surface area contributed by atoms with E-state index in [1.54, 1.807) is 67.4 Å². The number of nitriles is 1. The number of aromatic amines is 4. The van der Waals surface area contributed by atoms with Crippen molar-refractivity contribution < 1.29 is 23.9 Å². The molecule has 0 atom stereocenters. The normalized spacial score (nSPS) is 14.6. The fourth-order valence-electron chi connectivity index (χ4n) is 16.1. The zero-order valence-corrected chi connectivity index (χ0v) is 71.1. The Hall–Kier alpha value is -14.9. The molecule has 4 aromatic carbocycles. The van der Waals surface area contributed by atoms with E-state index in [1.165, 1.54) is 61.4 Å². The van der Waals surface area contributed by atoms with Crippen LogP contribution in [0.4, 0.5) is 22.7 Å². The van der Waals surface area contributed by atoms with Crippen molar-refractivity contribution in [2.24, 2.45) is 0 Å². The molecule has 20 rings (SSSR count). The number of piperazine rings is 1. The minimum absolute atomic E-state index is 0.268. The smallest absolute Gasteiger partial charge is 0.276 e. The maximum Gasteiger partial charge on any atom is 0.276 e. The van der Waals surface area contributed by atoms with Gasteiger partial charge >= 0.3 is 0 Å². The zero-order chi connectivity index (χ0) is 87.5. The van der Waals surface area contributed by atoms with Crippen LogP contribution in [0.1, 0.15) is 114 Å². The number of piperidine rings is 2. The van der Waals surface area contributed by atoms with E-state index in [2.05, 4.69) is 158 Å². The number of carbonyl (C=O) groups is 4. The third-order valence-corrected chi connectivity index (χ3v) is 23.0. The van der Waals surface area contributed by atoms with Gasteiger partial charge in [-0.2, -0.15) is 25.7 Å². The summed E-state index contributed by atoms with van der Waals surface area (Å²) >= 11 is 0. The van der Waals surface area contributed by atoms with E-state index < -0.39 is 0 Å². The van der Waals surface area contributed by atoms with Crippen molar-refractivity contribution in [3.8, 4) is 50.6 Å². The Balaban J connectivity index is 0.000000120. The number of hydrogen-bond acceptors (Lipinski definition) is 23. The summed E-state index contributed by atoms with van der Waals surface area (Å²) in [4.78, 5) is 97.5. The first-order valence-corrected chi connectivity index (χ1v) is 43.0. The lowest BCUT2D eigenvalue weighted by Gasteiger charge is -2.32. The lowest BCUT2D eigenvalue weighted by atomic mass is 10.0. The Morgan fingerprint density at radius 3 is 1.01 bits per heavy atom. The molecule has 4 aliphatic rings. The SMILES string of the molecule is CN1CCN(Cc2cncc(-c3ccc4[nH]nc(C(=O)Nc5cccnc5)c4c3)c2)CC1.Cc1ccc(NC(=O)c2n[nH]c3ccc(-c4cncc(CN5CCCCC5)c4)cc23)cn1.N#Cc1ccc(NC(=O)c2n[nH]c3ccc(-c4cncc(CN5CCCCC5)c4)cc23)cn1.O=C(Nc1cccnc1)c1n[nH]c2ccc(-c3cncc(CN4CCOCC4)c3)cc12. The summed E-state index contributed by atoms with van der Waals surface area (Å²) < 4.78 is 5.43. The largest absolute Gasteiger partial charge is 0.379 e. The van der Waals surface area contributed by atoms with Crippen LogP contribution in [0.5, 0.6) is 0 Å². The summed E-state index contributed by atoms with van der Waals surface area (Å²) in [5.41, 5.74) is 21.0. The lowest BCUT2D eigenvalue weighted by molar-refractivity contribution is 0.0341. The Kier molecular flexibility index (Phi) is 27.2. The van der Waals surface area contributed by atoms with Crippen LogP contribution in [0.15, 0.2) is 232 Å². The van der Waals surface area contributed by atoms with E-state index in [4.69, 9.17) is 10.00 Å². The first-order valence-electron chi connectivity index (χ1n) is 43.0. The number of aromatic nitrogens is 16. The molecule has 16 aromatic rings. The number of H-pyrrole nitrogens is 4. The number of anilines is 4. The van der Waals surface area contributed by atoms with E-state index in [9.17, 15) is 19.2 Å². The van der Waals surface area contributed by atoms with Crippen LogP contribution in [0, 0.1) is 18.3 Å². The van der Waals surface area contributed by atoms with E-state index in [1.807, 2.05) is 147 Å². The number of fused-ring (bicyclic) bond motifs is 4. The van der Waals surface area contributed by atoms with Gasteiger partial charge in [-0.15, -0.1) is 0 Å². The number of aryl methyl sites for hydroxylation is 1. The molecular formula is C97H96N26O5. The highest BCUT2D eigenvalue weighted by Crippen LogP contribution is 2.33. The summed E-state index contributed by atoms with van der Waals surface area (Å²) in [5.74, 6) is -1.17. The molecule has 0 unspecified atom stereocenters. The number of pyridine rings is 8. The maximum absolute atomic E-state index is 12.9. The Morgan fingerprint density at radius 2 is 0.688 bits per heavy atom. The molecule has 0 radical (unpaired) electrons. The number of carbonyl (C=O) groups excluding carboxylic acids is 4. The number of rotatable bonds is 20. The van der Waals surface area contributed by atoms with Crippen molar-refractivity contribution in [1.82, 2.24) is 105 Å². The molecule has 4 saturated heterocycles.